The van der Waals surface area contributed by atoms with E-state index in [1.165, 1.54) is 16.9 Å². The Hall–Kier alpha value is -1.72. The Labute approximate surface area is 143 Å². The van der Waals surface area contributed by atoms with Crippen LogP contribution in [-0.2, 0) is 19.4 Å². The van der Waals surface area contributed by atoms with Gasteiger partial charge in [0.2, 0.25) is 0 Å². The molecule has 3 nitrogen and oxygen atoms in total. The van der Waals surface area contributed by atoms with E-state index in [-0.39, 0.29) is 5.56 Å². The van der Waals surface area contributed by atoms with Gasteiger partial charge in [0.05, 0.1) is 11.9 Å². The van der Waals surface area contributed by atoms with Crippen molar-refractivity contribution in [2.45, 2.75) is 32.7 Å². The Morgan fingerprint density at radius 3 is 2.91 bits per heavy atom. The summed E-state index contributed by atoms with van der Waals surface area (Å²) in [5, 5.41) is 0.862. The van der Waals surface area contributed by atoms with Gasteiger partial charge in [-0.2, -0.15) is 0 Å². The van der Waals surface area contributed by atoms with Crippen LogP contribution in [0.5, 0.6) is 0 Å². The van der Waals surface area contributed by atoms with Crippen LogP contribution in [0.2, 0.25) is 0 Å². The summed E-state index contributed by atoms with van der Waals surface area (Å²) in [6.45, 7) is 2.78. The van der Waals surface area contributed by atoms with Gasteiger partial charge in [-0.25, -0.2) is 0 Å². The van der Waals surface area contributed by atoms with E-state index in [2.05, 4.69) is 11.9 Å². The Balaban J connectivity index is 1.91. The fourth-order valence-electron chi connectivity index (χ4n) is 3.37. The molecule has 1 aliphatic carbocycles. The molecular weight excluding hydrogens is 324 g/mol. The number of nitrogens with zero attached hydrogens (tertiary/aromatic N) is 1. The lowest BCUT2D eigenvalue weighted by atomic mass is 9.89. The van der Waals surface area contributed by atoms with Crippen LogP contribution >= 0.6 is 23.6 Å². The number of nitrogens with one attached hydrogen (secondary N) is 1. The van der Waals surface area contributed by atoms with Gasteiger partial charge in [0.15, 0.2) is 4.77 Å². The number of hydrogen-bond acceptors (Lipinski definition) is 3. The number of thiophene rings is 1. The van der Waals surface area contributed by atoms with Crippen molar-refractivity contribution >= 4 is 33.8 Å². The highest BCUT2D eigenvalue weighted by Gasteiger charge is 2.23. The Morgan fingerprint density at radius 1 is 1.35 bits per heavy atom. The van der Waals surface area contributed by atoms with E-state index >= 15 is 0 Å². The third-order valence-corrected chi connectivity index (χ3v) is 6.15. The van der Waals surface area contributed by atoms with Crippen molar-refractivity contribution in [2.24, 2.45) is 5.92 Å². The Kier molecular flexibility index (Phi) is 3.70. The largest absolute Gasteiger partial charge is 0.323 e. The normalized spacial score (nSPS) is 17.3. The second-order valence-corrected chi connectivity index (χ2v) is 7.85. The number of H-pyrrole nitrogens is 1. The molecule has 1 aliphatic rings. The molecule has 0 fully saturated rings. The topological polar surface area (TPSA) is 37.8 Å². The van der Waals surface area contributed by atoms with Gasteiger partial charge >= 0.3 is 0 Å². The molecule has 1 N–H and O–H groups in total. The monoisotopic (exact) mass is 342 g/mol. The fourth-order valence-corrected chi connectivity index (χ4v) is 4.92. The van der Waals surface area contributed by atoms with Crippen molar-refractivity contribution in [1.82, 2.24) is 9.55 Å². The Morgan fingerprint density at radius 2 is 2.13 bits per heavy atom. The third-order valence-electron chi connectivity index (χ3n) is 4.62. The maximum absolute atomic E-state index is 13.1. The van der Waals surface area contributed by atoms with Gasteiger partial charge in [-0.1, -0.05) is 37.3 Å². The fraction of sp³-hybridized carbons (Fsp3) is 0.333. The second-order valence-electron chi connectivity index (χ2n) is 6.36. The summed E-state index contributed by atoms with van der Waals surface area (Å²) >= 11 is 7.15. The quantitative estimate of drug-likeness (QED) is 0.705. The standard InChI is InChI=1S/C18H18N2OS2/c1-11-7-8-14-13(9-11)15-16(23-14)19-18(22)20(17(15)21)10-12-5-3-2-4-6-12/h2-6,11H,7-10H2,1H3,(H,19,22). The molecule has 0 bridgehead atoms. The minimum Gasteiger partial charge on any atom is -0.323 e. The van der Waals surface area contributed by atoms with Crippen molar-refractivity contribution in [1.29, 1.82) is 0 Å². The van der Waals surface area contributed by atoms with E-state index in [4.69, 9.17) is 12.2 Å². The van der Waals surface area contributed by atoms with Crippen molar-refractivity contribution in [2.75, 3.05) is 0 Å². The van der Waals surface area contributed by atoms with Crippen LogP contribution in [-0.4, -0.2) is 9.55 Å². The van der Waals surface area contributed by atoms with E-state index in [1.54, 1.807) is 15.9 Å². The molecule has 0 amide bonds. The molecule has 23 heavy (non-hydrogen) atoms. The summed E-state index contributed by atoms with van der Waals surface area (Å²) in [4.78, 5) is 18.7. The van der Waals surface area contributed by atoms with E-state index in [0.29, 0.717) is 17.2 Å². The van der Waals surface area contributed by atoms with Crippen molar-refractivity contribution in [3.05, 3.63) is 61.5 Å². The van der Waals surface area contributed by atoms with Crippen LogP contribution in [0.3, 0.4) is 0 Å². The summed E-state index contributed by atoms with van der Waals surface area (Å²) in [6.07, 6.45) is 3.29. The molecule has 2 heterocycles. The predicted octanol–water partition coefficient (Wildman–Crippen LogP) is 4.29. The molecule has 118 valence electrons. The summed E-state index contributed by atoms with van der Waals surface area (Å²) < 4.78 is 2.21. The van der Waals surface area contributed by atoms with Gasteiger partial charge < -0.3 is 4.98 Å². The first-order valence-corrected chi connectivity index (χ1v) is 9.17. The lowest BCUT2D eigenvalue weighted by Crippen LogP contribution is -2.23. The Bertz CT molecular complexity index is 982. The van der Waals surface area contributed by atoms with Crippen LogP contribution in [0.1, 0.15) is 29.3 Å². The van der Waals surface area contributed by atoms with Crippen LogP contribution in [0, 0.1) is 10.7 Å². The highest BCUT2D eigenvalue weighted by molar-refractivity contribution is 7.71. The molecule has 0 spiro atoms. The van der Waals surface area contributed by atoms with Crippen molar-refractivity contribution < 1.29 is 0 Å². The maximum Gasteiger partial charge on any atom is 0.263 e. The average Bonchev–Trinajstić information content (AvgIpc) is 2.89. The first kappa shape index (κ1) is 14.8. The molecule has 2 aromatic heterocycles. The molecule has 1 aromatic carbocycles. The zero-order chi connectivity index (χ0) is 16.0. The highest BCUT2D eigenvalue weighted by atomic mass is 32.1. The molecule has 0 radical (unpaired) electrons. The SMILES string of the molecule is CC1CCc2sc3[nH]c(=S)n(Cc4ccccc4)c(=O)c3c2C1. The molecule has 0 aliphatic heterocycles. The maximum atomic E-state index is 13.1. The third kappa shape index (κ3) is 2.58. The molecule has 4 rings (SSSR count). The van der Waals surface area contributed by atoms with Gasteiger partial charge in [0.1, 0.15) is 4.83 Å². The number of aromatic nitrogens is 2. The van der Waals surface area contributed by atoms with E-state index < -0.39 is 0 Å². The van der Waals surface area contributed by atoms with Crippen LogP contribution in [0.25, 0.3) is 10.2 Å². The van der Waals surface area contributed by atoms with Crippen molar-refractivity contribution in [3.8, 4) is 0 Å². The number of aromatic amines is 1. The number of benzene rings is 1. The van der Waals surface area contributed by atoms with Crippen LogP contribution in [0.4, 0.5) is 0 Å². The van der Waals surface area contributed by atoms with Gasteiger partial charge in [-0.3, -0.25) is 9.36 Å². The zero-order valence-electron chi connectivity index (χ0n) is 13.0. The van der Waals surface area contributed by atoms with E-state index in [0.717, 1.165) is 28.6 Å². The van der Waals surface area contributed by atoms with Gasteiger partial charge in [-0.05, 0) is 48.5 Å². The second kappa shape index (κ2) is 5.73. The molecule has 1 unspecified atom stereocenters. The first-order valence-electron chi connectivity index (χ1n) is 7.95. The molecule has 1 atom stereocenters. The number of hydrogen-bond donors (Lipinski definition) is 1. The molecule has 0 saturated heterocycles. The van der Waals surface area contributed by atoms with Gasteiger partial charge in [0, 0.05) is 4.88 Å². The smallest absolute Gasteiger partial charge is 0.263 e. The highest BCUT2D eigenvalue weighted by Crippen LogP contribution is 2.35. The number of aryl methyl sites for hydroxylation is 1. The average molecular weight is 342 g/mol. The number of rotatable bonds is 2. The first-order chi connectivity index (χ1) is 11.1. The van der Waals surface area contributed by atoms with Crippen molar-refractivity contribution in [3.63, 3.8) is 0 Å². The summed E-state index contributed by atoms with van der Waals surface area (Å²) in [6, 6.07) is 10.00. The summed E-state index contributed by atoms with van der Waals surface area (Å²) in [7, 11) is 0. The molecule has 3 aromatic rings. The number of fused-ring (bicyclic) bond motifs is 3. The molecular formula is C18H18N2OS2. The molecule has 5 heteroatoms. The van der Waals surface area contributed by atoms with Crippen LogP contribution in [0.15, 0.2) is 35.1 Å². The summed E-state index contributed by atoms with van der Waals surface area (Å²) in [5.41, 5.74) is 2.40. The lowest BCUT2D eigenvalue weighted by Gasteiger charge is -2.17. The van der Waals surface area contributed by atoms with E-state index in [9.17, 15) is 4.79 Å². The van der Waals surface area contributed by atoms with E-state index in [1.807, 2.05) is 30.3 Å². The van der Waals surface area contributed by atoms with Gasteiger partial charge in [0.25, 0.3) is 5.56 Å². The van der Waals surface area contributed by atoms with Crippen LogP contribution < -0.4 is 5.56 Å². The van der Waals surface area contributed by atoms with Gasteiger partial charge in [-0.15, -0.1) is 11.3 Å². The zero-order valence-corrected chi connectivity index (χ0v) is 14.6. The molecule has 0 saturated carbocycles. The lowest BCUT2D eigenvalue weighted by molar-refractivity contribution is 0.508. The predicted molar refractivity (Wildman–Crippen MR) is 98.0 cm³/mol. The minimum atomic E-state index is 0.0548. The summed E-state index contributed by atoms with van der Waals surface area (Å²) in [5.74, 6) is 0.644. The minimum absolute atomic E-state index is 0.0548.